The second-order valence-corrected chi connectivity index (χ2v) is 3.43. The normalized spacial score (nSPS) is 13.9. The second-order valence-electron chi connectivity index (χ2n) is 3.43. The number of hydrogen-bond donors (Lipinski definition) is 1. The van der Waals surface area contributed by atoms with Gasteiger partial charge < -0.3 is 10.1 Å². The molecule has 16 heavy (non-hydrogen) atoms. The molecule has 3 nitrogen and oxygen atoms in total. The van der Waals surface area contributed by atoms with Crippen molar-refractivity contribution >= 4 is 12.5 Å². The highest BCUT2D eigenvalue weighted by Gasteiger charge is 2.31. The lowest BCUT2D eigenvalue weighted by atomic mass is 10.2. The van der Waals surface area contributed by atoms with Crippen LogP contribution in [-0.4, -0.2) is 24.3 Å². The van der Waals surface area contributed by atoms with Gasteiger partial charge in [-0.2, -0.15) is 13.2 Å². The van der Waals surface area contributed by atoms with Crippen molar-refractivity contribution in [1.82, 2.24) is 0 Å². The van der Waals surface area contributed by atoms with Crippen LogP contribution in [0.4, 0.5) is 13.2 Å². The molecule has 0 radical (unpaired) electrons. The summed E-state index contributed by atoms with van der Waals surface area (Å²) in [6, 6.07) is 0. The van der Waals surface area contributed by atoms with Crippen molar-refractivity contribution in [3.8, 4) is 0 Å². The maximum Gasteiger partial charge on any atom is 0.417 e. The van der Waals surface area contributed by atoms with Crippen molar-refractivity contribution in [3.05, 3.63) is 24.0 Å². The molecule has 0 rings (SSSR count). The third kappa shape index (κ3) is 5.33. The van der Waals surface area contributed by atoms with Crippen LogP contribution in [0.3, 0.4) is 0 Å². The summed E-state index contributed by atoms with van der Waals surface area (Å²) in [7, 11) is 0. The lowest BCUT2D eigenvalue weighted by molar-refractivity contribution is -0.121. The van der Waals surface area contributed by atoms with Crippen LogP contribution >= 0.6 is 0 Å². The lowest BCUT2D eigenvalue weighted by Crippen LogP contribution is -2.23. The van der Waals surface area contributed by atoms with Crippen molar-refractivity contribution in [1.29, 1.82) is 5.41 Å². The van der Waals surface area contributed by atoms with E-state index in [-0.39, 0.29) is 6.21 Å². The van der Waals surface area contributed by atoms with Crippen molar-refractivity contribution in [2.75, 3.05) is 0 Å². The topological polar surface area (TPSA) is 50.2 Å². The highest BCUT2D eigenvalue weighted by molar-refractivity contribution is 5.78. The molecule has 0 aliphatic carbocycles. The zero-order chi connectivity index (χ0) is 12.8. The number of carbonyl (C=O) groups is 1. The van der Waals surface area contributed by atoms with Crippen LogP contribution in [0.1, 0.15) is 13.8 Å². The summed E-state index contributed by atoms with van der Waals surface area (Å²) in [5, 5.41) is 6.57. The van der Waals surface area contributed by atoms with E-state index in [0.717, 1.165) is 12.3 Å². The van der Waals surface area contributed by atoms with Crippen LogP contribution in [0.5, 0.6) is 0 Å². The van der Waals surface area contributed by atoms with Crippen LogP contribution in [0.2, 0.25) is 0 Å². The van der Waals surface area contributed by atoms with Gasteiger partial charge >= 0.3 is 6.18 Å². The van der Waals surface area contributed by atoms with Crippen LogP contribution in [0.15, 0.2) is 24.0 Å². The first-order valence-electron chi connectivity index (χ1n) is 4.31. The van der Waals surface area contributed by atoms with Gasteiger partial charge in [0.15, 0.2) is 11.9 Å². The molecule has 0 saturated carbocycles. The molecule has 0 amide bonds. The smallest absolute Gasteiger partial charge is 0.417 e. The van der Waals surface area contributed by atoms with E-state index in [1.807, 2.05) is 0 Å². The quantitative estimate of drug-likeness (QED) is 0.344. The van der Waals surface area contributed by atoms with Crippen molar-refractivity contribution < 1.29 is 22.7 Å². The fourth-order valence-corrected chi connectivity index (χ4v) is 0.610. The molecule has 0 unspecified atom stereocenters. The Morgan fingerprint density at radius 2 is 1.88 bits per heavy atom. The molecule has 0 atom stereocenters. The molecule has 0 aliphatic heterocycles. The molecule has 0 aromatic heterocycles. The van der Waals surface area contributed by atoms with Gasteiger partial charge in [0.2, 0.25) is 0 Å². The molecular formula is C10H12F3NO2. The third-order valence-electron chi connectivity index (χ3n) is 1.49. The molecule has 0 spiro atoms. The van der Waals surface area contributed by atoms with E-state index in [2.05, 4.69) is 0 Å². The summed E-state index contributed by atoms with van der Waals surface area (Å²) in [4.78, 5) is 10.4. The summed E-state index contributed by atoms with van der Waals surface area (Å²) in [5.41, 5.74) is -2.18. The van der Waals surface area contributed by atoms with Gasteiger partial charge in [-0.15, -0.1) is 0 Å². The number of allylic oxidation sites excluding steroid dienone is 3. The average molecular weight is 235 g/mol. The van der Waals surface area contributed by atoms with E-state index in [4.69, 9.17) is 10.1 Å². The molecule has 0 saturated heterocycles. The van der Waals surface area contributed by atoms with E-state index in [1.165, 1.54) is 13.8 Å². The second kappa shape index (κ2) is 5.48. The molecule has 0 aliphatic rings. The van der Waals surface area contributed by atoms with Gasteiger partial charge in [-0.05, 0) is 26.0 Å². The predicted octanol–water partition coefficient (Wildman–Crippen LogP) is 2.63. The Morgan fingerprint density at radius 3 is 2.25 bits per heavy atom. The highest BCUT2D eigenvalue weighted by atomic mass is 19.4. The molecule has 0 bridgehead atoms. The predicted molar refractivity (Wildman–Crippen MR) is 53.3 cm³/mol. The first-order valence-corrected chi connectivity index (χ1v) is 4.31. The van der Waals surface area contributed by atoms with Gasteiger partial charge in [0.25, 0.3) is 0 Å². The first-order chi connectivity index (χ1) is 7.23. The minimum absolute atomic E-state index is 0.204. The van der Waals surface area contributed by atoms with Crippen LogP contribution in [0, 0.1) is 5.41 Å². The number of aldehydes is 1. The minimum atomic E-state index is -4.56. The zero-order valence-corrected chi connectivity index (χ0v) is 8.84. The molecule has 1 N–H and O–H groups in total. The van der Waals surface area contributed by atoms with Crippen LogP contribution < -0.4 is 0 Å². The first kappa shape index (κ1) is 14.4. The zero-order valence-electron chi connectivity index (χ0n) is 8.84. The summed E-state index contributed by atoms with van der Waals surface area (Å²) in [6.07, 6.45) is -1.18. The van der Waals surface area contributed by atoms with E-state index in [9.17, 15) is 18.0 Å². The van der Waals surface area contributed by atoms with Crippen molar-refractivity contribution in [2.24, 2.45) is 0 Å². The lowest BCUT2D eigenvalue weighted by Gasteiger charge is -2.15. The molecule has 6 heteroatoms. The largest absolute Gasteiger partial charge is 0.488 e. The van der Waals surface area contributed by atoms with E-state index in [0.29, 0.717) is 12.4 Å². The maximum atomic E-state index is 12.1. The Hall–Kier alpha value is -1.59. The Kier molecular flexibility index (Phi) is 4.94. The summed E-state index contributed by atoms with van der Waals surface area (Å²) in [5.74, 6) is 0. The average Bonchev–Trinajstić information content (AvgIpc) is 2.15. The fourth-order valence-electron chi connectivity index (χ4n) is 0.610. The molecule has 90 valence electrons. The number of carbonyl (C=O) groups excluding carboxylic acids is 1. The summed E-state index contributed by atoms with van der Waals surface area (Å²) < 4.78 is 41.1. The van der Waals surface area contributed by atoms with E-state index in [1.54, 1.807) is 0 Å². The van der Waals surface area contributed by atoms with Gasteiger partial charge in [0, 0.05) is 6.21 Å². The number of nitrogens with one attached hydrogen (secondary N) is 1. The number of rotatable bonds is 5. The molecule has 0 aromatic carbocycles. The van der Waals surface area contributed by atoms with Gasteiger partial charge in [-0.1, -0.05) is 0 Å². The SMILES string of the molecule is CC(C)(C=O)O/C=C/C=C(\C=N)C(F)(F)F. The molecular weight excluding hydrogens is 223 g/mol. The Morgan fingerprint density at radius 1 is 1.31 bits per heavy atom. The fraction of sp³-hybridized carbons (Fsp3) is 0.400. The number of halogens is 3. The van der Waals surface area contributed by atoms with E-state index < -0.39 is 17.4 Å². The molecule has 0 fully saturated rings. The minimum Gasteiger partial charge on any atom is -0.488 e. The van der Waals surface area contributed by atoms with Gasteiger partial charge in [0.1, 0.15) is 0 Å². The monoisotopic (exact) mass is 235 g/mol. The summed E-state index contributed by atoms with van der Waals surface area (Å²) >= 11 is 0. The molecule has 0 aromatic rings. The van der Waals surface area contributed by atoms with Crippen molar-refractivity contribution in [3.63, 3.8) is 0 Å². The number of ether oxygens (including phenoxy) is 1. The molecule has 0 heterocycles. The van der Waals surface area contributed by atoms with Crippen molar-refractivity contribution in [2.45, 2.75) is 25.6 Å². The Bertz CT molecular complexity index is 317. The van der Waals surface area contributed by atoms with E-state index >= 15 is 0 Å². The van der Waals surface area contributed by atoms with Gasteiger partial charge in [0.05, 0.1) is 11.8 Å². The Balaban J connectivity index is 4.52. The van der Waals surface area contributed by atoms with Crippen LogP contribution in [-0.2, 0) is 9.53 Å². The van der Waals surface area contributed by atoms with Gasteiger partial charge in [-0.25, -0.2) is 0 Å². The summed E-state index contributed by atoms with van der Waals surface area (Å²) in [6.45, 7) is 2.94. The third-order valence-corrected chi connectivity index (χ3v) is 1.49. The highest BCUT2D eigenvalue weighted by Crippen LogP contribution is 2.23. The number of alkyl halides is 3. The van der Waals surface area contributed by atoms with Gasteiger partial charge in [-0.3, -0.25) is 4.79 Å². The Labute approximate surface area is 91.1 Å². The standard InChI is InChI=1S/C10H12F3NO2/c1-9(2,7-15)16-5-3-4-8(6-14)10(11,12)13/h3-7,14H,1-2H3/b5-3+,8-4+,14-6?. The maximum absolute atomic E-state index is 12.1. The number of hydrogen-bond acceptors (Lipinski definition) is 3. The van der Waals surface area contributed by atoms with Crippen LogP contribution in [0.25, 0.3) is 0 Å².